The third-order valence-corrected chi connectivity index (χ3v) is 7.28. The molecule has 1 atom stereocenters. The van der Waals surface area contributed by atoms with Crippen molar-refractivity contribution in [3.8, 4) is 5.88 Å². The summed E-state index contributed by atoms with van der Waals surface area (Å²) in [4.78, 5) is 24.7. The van der Waals surface area contributed by atoms with Gasteiger partial charge in [-0.05, 0) is 56.7 Å². The number of hydrogen-bond acceptors (Lipinski definition) is 8. The molecule has 170 valence electrons. The van der Waals surface area contributed by atoms with E-state index in [1.54, 1.807) is 12.3 Å². The SMILES string of the molecule is CCOc1ccc(CN(C(=O)c2cc3c4c(c(N)nc3cn2)[C@@H](C)OC4)C23CC(C2)C3)nn1. The van der Waals surface area contributed by atoms with Crippen LogP contribution in [0.5, 0.6) is 5.88 Å². The smallest absolute Gasteiger partial charge is 0.273 e. The van der Waals surface area contributed by atoms with Crippen LogP contribution in [0.1, 0.15) is 66.5 Å². The molecular weight excluding hydrogens is 420 g/mol. The van der Waals surface area contributed by atoms with Crippen molar-refractivity contribution in [2.75, 3.05) is 12.3 Å². The Morgan fingerprint density at radius 1 is 1.30 bits per heavy atom. The van der Waals surface area contributed by atoms with Gasteiger partial charge in [0, 0.05) is 22.6 Å². The van der Waals surface area contributed by atoms with Gasteiger partial charge in [0.05, 0.1) is 43.3 Å². The second-order valence-electron chi connectivity index (χ2n) is 9.32. The van der Waals surface area contributed by atoms with Crippen LogP contribution in [0, 0.1) is 5.92 Å². The first-order valence-corrected chi connectivity index (χ1v) is 11.4. The predicted octanol–water partition coefficient (Wildman–Crippen LogP) is 3.19. The van der Waals surface area contributed by atoms with Crippen LogP contribution in [-0.2, 0) is 17.9 Å². The topological polar surface area (TPSA) is 116 Å². The largest absolute Gasteiger partial charge is 0.477 e. The standard InChI is InChI=1S/C24H26N6O3/c1-3-32-20-5-4-15(28-29-20)11-30(24-7-14(8-24)9-24)23(31)18-6-16-17-12-33-13(2)21(17)22(25)27-19(16)10-26-18/h4-6,10,13-14H,3,7-9,11-12H2,1-2H3,(H2,25,27)/t13-,14?,24?/m1/s1. The molecule has 3 saturated carbocycles. The molecule has 2 bridgehead atoms. The maximum atomic E-state index is 13.8. The Balaban J connectivity index is 1.35. The van der Waals surface area contributed by atoms with Crippen LogP contribution < -0.4 is 10.5 Å². The number of nitrogen functional groups attached to an aromatic ring is 1. The average molecular weight is 447 g/mol. The van der Waals surface area contributed by atoms with E-state index >= 15 is 0 Å². The Morgan fingerprint density at radius 2 is 2.12 bits per heavy atom. The van der Waals surface area contributed by atoms with E-state index in [1.165, 1.54) is 0 Å². The highest BCUT2D eigenvalue weighted by atomic mass is 16.5. The van der Waals surface area contributed by atoms with Crippen LogP contribution in [0.25, 0.3) is 10.9 Å². The summed E-state index contributed by atoms with van der Waals surface area (Å²) in [5.74, 6) is 1.58. The van der Waals surface area contributed by atoms with E-state index < -0.39 is 0 Å². The summed E-state index contributed by atoms with van der Waals surface area (Å²) in [5, 5.41) is 9.29. The van der Waals surface area contributed by atoms with Gasteiger partial charge in [-0.2, -0.15) is 5.10 Å². The van der Waals surface area contributed by atoms with Crippen molar-refractivity contribution in [1.82, 2.24) is 25.1 Å². The number of aromatic nitrogens is 4. The first-order chi connectivity index (χ1) is 16.0. The number of carbonyl (C=O) groups is 1. The molecule has 3 aromatic heterocycles. The van der Waals surface area contributed by atoms with Crippen molar-refractivity contribution in [1.29, 1.82) is 0 Å². The molecule has 0 radical (unpaired) electrons. The number of rotatable bonds is 6. The summed E-state index contributed by atoms with van der Waals surface area (Å²) in [5.41, 5.74) is 9.78. The third-order valence-electron chi connectivity index (χ3n) is 7.28. The normalized spacial score (nSPS) is 24.7. The maximum absolute atomic E-state index is 13.8. The quantitative estimate of drug-likeness (QED) is 0.614. The molecule has 9 nitrogen and oxygen atoms in total. The molecule has 7 rings (SSSR count). The van der Waals surface area contributed by atoms with Gasteiger partial charge in [-0.1, -0.05) is 0 Å². The minimum Gasteiger partial charge on any atom is -0.477 e. The zero-order valence-electron chi connectivity index (χ0n) is 18.7. The number of hydrogen-bond donors (Lipinski definition) is 1. The number of fused-ring (bicyclic) bond motifs is 3. The van der Waals surface area contributed by atoms with Crippen LogP contribution in [0.3, 0.4) is 0 Å². The van der Waals surface area contributed by atoms with Gasteiger partial charge in [0.25, 0.3) is 5.91 Å². The van der Waals surface area contributed by atoms with E-state index in [1.807, 2.05) is 30.9 Å². The molecule has 33 heavy (non-hydrogen) atoms. The number of carbonyl (C=O) groups excluding carboxylic acids is 1. The lowest BCUT2D eigenvalue weighted by Gasteiger charge is -2.66. The Labute approximate surface area is 191 Å². The van der Waals surface area contributed by atoms with Crippen LogP contribution in [-0.4, -0.2) is 43.1 Å². The van der Waals surface area contributed by atoms with Crippen molar-refractivity contribution in [3.05, 3.63) is 46.9 Å². The number of nitrogens with two attached hydrogens (primary N) is 1. The first kappa shape index (κ1) is 20.3. The number of pyridine rings is 2. The zero-order chi connectivity index (χ0) is 22.7. The highest BCUT2D eigenvalue weighted by Gasteiger charge is 2.61. The molecule has 1 aliphatic heterocycles. The van der Waals surface area contributed by atoms with Gasteiger partial charge in [-0.15, -0.1) is 5.10 Å². The van der Waals surface area contributed by atoms with Gasteiger partial charge in [0.15, 0.2) is 0 Å². The Kier molecular flexibility index (Phi) is 4.52. The van der Waals surface area contributed by atoms with Gasteiger partial charge in [0.1, 0.15) is 11.5 Å². The molecule has 4 aliphatic rings. The van der Waals surface area contributed by atoms with E-state index in [0.717, 1.165) is 47.4 Å². The number of amides is 1. The Bertz CT molecular complexity index is 1240. The van der Waals surface area contributed by atoms with Crippen molar-refractivity contribution in [3.63, 3.8) is 0 Å². The lowest BCUT2D eigenvalue weighted by molar-refractivity contribution is -0.128. The van der Waals surface area contributed by atoms with Crippen LogP contribution in [0.15, 0.2) is 24.4 Å². The lowest BCUT2D eigenvalue weighted by atomic mass is 9.49. The fraction of sp³-hybridized carbons (Fsp3) is 0.458. The lowest BCUT2D eigenvalue weighted by Crippen LogP contribution is -2.69. The summed E-state index contributed by atoms with van der Waals surface area (Å²) in [7, 11) is 0. The second kappa shape index (κ2) is 7.34. The van der Waals surface area contributed by atoms with Gasteiger partial charge in [-0.25, -0.2) is 9.97 Å². The molecule has 4 heterocycles. The molecule has 0 spiro atoms. The van der Waals surface area contributed by atoms with E-state index in [9.17, 15) is 4.79 Å². The second-order valence-corrected chi connectivity index (χ2v) is 9.32. The molecule has 3 aliphatic carbocycles. The fourth-order valence-electron chi connectivity index (χ4n) is 5.46. The molecule has 0 saturated heterocycles. The van der Waals surface area contributed by atoms with Crippen molar-refractivity contribution < 1.29 is 14.3 Å². The summed E-state index contributed by atoms with van der Waals surface area (Å²) in [6.45, 7) is 5.24. The maximum Gasteiger partial charge on any atom is 0.273 e. The molecule has 0 unspecified atom stereocenters. The number of ether oxygens (including phenoxy) is 2. The molecular formula is C24H26N6O3. The number of anilines is 1. The monoisotopic (exact) mass is 446 g/mol. The highest BCUT2D eigenvalue weighted by molar-refractivity contribution is 5.97. The van der Waals surface area contributed by atoms with E-state index in [0.29, 0.717) is 42.7 Å². The fourth-order valence-corrected chi connectivity index (χ4v) is 5.46. The summed E-state index contributed by atoms with van der Waals surface area (Å²) in [6.07, 6.45) is 4.64. The van der Waals surface area contributed by atoms with Crippen molar-refractivity contribution >= 4 is 22.6 Å². The van der Waals surface area contributed by atoms with Gasteiger partial charge < -0.3 is 20.1 Å². The minimum absolute atomic E-state index is 0.0942. The van der Waals surface area contributed by atoms with Crippen LogP contribution in [0.4, 0.5) is 5.82 Å². The molecule has 3 aromatic rings. The van der Waals surface area contributed by atoms with Crippen LogP contribution >= 0.6 is 0 Å². The van der Waals surface area contributed by atoms with E-state index in [4.69, 9.17) is 15.2 Å². The Morgan fingerprint density at radius 3 is 2.79 bits per heavy atom. The first-order valence-electron chi connectivity index (χ1n) is 11.4. The predicted molar refractivity (Wildman–Crippen MR) is 120 cm³/mol. The highest BCUT2D eigenvalue weighted by Crippen LogP contribution is 2.61. The molecule has 3 fully saturated rings. The summed E-state index contributed by atoms with van der Waals surface area (Å²) < 4.78 is 11.2. The Hall–Kier alpha value is -3.33. The van der Waals surface area contributed by atoms with Crippen LogP contribution in [0.2, 0.25) is 0 Å². The van der Waals surface area contributed by atoms with E-state index in [2.05, 4.69) is 20.2 Å². The zero-order valence-corrected chi connectivity index (χ0v) is 18.7. The van der Waals surface area contributed by atoms with Gasteiger partial charge >= 0.3 is 0 Å². The minimum atomic E-state index is -0.111. The van der Waals surface area contributed by atoms with Crippen molar-refractivity contribution in [2.24, 2.45) is 5.92 Å². The molecule has 1 amide bonds. The molecule has 2 N–H and O–H groups in total. The molecule has 9 heteroatoms. The van der Waals surface area contributed by atoms with Gasteiger partial charge in [-0.3, -0.25) is 4.79 Å². The van der Waals surface area contributed by atoms with Crippen molar-refractivity contribution in [2.45, 2.75) is 57.9 Å². The molecule has 0 aromatic carbocycles. The summed E-state index contributed by atoms with van der Waals surface area (Å²) >= 11 is 0. The number of nitrogens with zero attached hydrogens (tertiary/aromatic N) is 5. The summed E-state index contributed by atoms with van der Waals surface area (Å²) in [6, 6.07) is 5.51. The third kappa shape index (κ3) is 3.13. The van der Waals surface area contributed by atoms with Gasteiger partial charge in [0.2, 0.25) is 5.88 Å². The average Bonchev–Trinajstić information content (AvgIpc) is 3.14. The van der Waals surface area contributed by atoms with E-state index in [-0.39, 0.29) is 17.6 Å².